The molecular formula is C18H19ClN6O3S. The van der Waals surface area contributed by atoms with Crippen LogP contribution in [0, 0.1) is 20.8 Å². The summed E-state index contributed by atoms with van der Waals surface area (Å²) in [5, 5.41) is 7.19. The predicted molar refractivity (Wildman–Crippen MR) is 109 cm³/mol. The first-order chi connectivity index (χ1) is 13.6. The number of amides is 1. The third-order valence-corrected chi connectivity index (χ3v) is 5.71. The topological polar surface area (TPSA) is 119 Å². The highest BCUT2D eigenvalue weighted by Crippen LogP contribution is 2.18. The van der Waals surface area contributed by atoms with Gasteiger partial charge in [-0.1, -0.05) is 11.6 Å². The molecule has 29 heavy (non-hydrogen) atoms. The van der Waals surface area contributed by atoms with Crippen LogP contribution in [0.2, 0.25) is 5.02 Å². The molecule has 3 rings (SSSR count). The van der Waals surface area contributed by atoms with Crippen molar-refractivity contribution in [2.45, 2.75) is 32.2 Å². The van der Waals surface area contributed by atoms with Crippen molar-refractivity contribution in [3.05, 3.63) is 58.6 Å². The molecule has 9 nitrogen and oxygen atoms in total. The minimum absolute atomic E-state index is 0.00753. The van der Waals surface area contributed by atoms with Crippen molar-refractivity contribution < 1.29 is 13.2 Å². The lowest BCUT2D eigenvalue weighted by Gasteiger charge is -2.10. The van der Waals surface area contributed by atoms with Crippen LogP contribution in [0.4, 0.5) is 11.6 Å². The summed E-state index contributed by atoms with van der Waals surface area (Å²) < 4.78 is 28.9. The number of nitrogens with zero attached hydrogens (tertiary/aromatic N) is 4. The van der Waals surface area contributed by atoms with Gasteiger partial charge in [0.1, 0.15) is 6.54 Å². The summed E-state index contributed by atoms with van der Waals surface area (Å²) in [5.74, 6) is -0.307. The first-order valence-corrected chi connectivity index (χ1v) is 10.4. The molecule has 0 spiro atoms. The van der Waals surface area contributed by atoms with E-state index in [-0.39, 0.29) is 23.3 Å². The van der Waals surface area contributed by atoms with E-state index >= 15 is 0 Å². The minimum Gasteiger partial charge on any atom is -0.324 e. The summed E-state index contributed by atoms with van der Waals surface area (Å²) in [6.07, 6.45) is 1.47. The van der Waals surface area contributed by atoms with Crippen LogP contribution < -0.4 is 10.0 Å². The Morgan fingerprint density at radius 2 is 1.72 bits per heavy atom. The van der Waals surface area contributed by atoms with Gasteiger partial charge in [-0.25, -0.2) is 23.1 Å². The molecule has 0 aliphatic carbocycles. The van der Waals surface area contributed by atoms with Gasteiger partial charge in [-0.05, 0) is 51.1 Å². The fourth-order valence-corrected chi connectivity index (χ4v) is 3.67. The van der Waals surface area contributed by atoms with Crippen LogP contribution in [0.15, 0.2) is 41.4 Å². The summed E-state index contributed by atoms with van der Waals surface area (Å²) in [7, 11) is -3.86. The second kappa shape index (κ2) is 8.18. The summed E-state index contributed by atoms with van der Waals surface area (Å²) in [6, 6.07) is 7.51. The Kier molecular flexibility index (Phi) is 5.85. The van der Waals surface area contributed by atoms with Crippen molar-refractivity contribution in [1.82, 2.24) is 19.7 Å². The number of sulfonamides is 1. The average molecular weight is 435 g/mol. The first kappa shape index (κ1) is 20.7. The Bertz CT molecular complexity index is 1140. The number of carbonyl (C=O) groups excluding carboxylic acids is 1. The molecule has 0 fully saturated rings. The Morgan fingerprint density at radius 3 is 2.28 bits per heavy atom. The van der Waals surface area contributed by atoms with Crippen LogP contribution >= 0.6 is 11.6 Å². The molecule has 0 unspecified atom stereocenters. The number of halogens is 1. The fourth-order valence-electron chi connectivity index (χ4n) is 2.59. The quantitative estimate of drug-likeness (QED) is 0.615. The molecule has 0 atom stereocenters. The van der Waals surface area contributed by atoms with Crippen molar-refractivity contribution in [2.75, 3.05) is 10.0 Å². The molecule has 0 bridgehead atoms. The number of carbonyl (C=O) groups is 1. The van der Waals surface area contributed by atoms with Gasteiger partial charge in [0.15, 0.2) is 0 Å². The molecule has 0 saturated carbocycles. The van der Waals surface area contributed by atoms with Crippen LogP contribution in [0.25, 0.3) is 0 Å². The van der Waals surface area contributed by atoms with Crippen LogP contribution in [0.5, 0.6) is 0 Å². The molecular weight excluding hydrogens is 416 g/mol. The van der Waals surface area contributed by atoms with Crippen LogP contribution in [-0.2, 0) is 21.4 Å². The zero-order chi connectivity index (χ0) is 21.2. The summed E-state index contributed by atoms with van der Waals surface area (Å²) in [6.45, 7) is 5.25. The lowest BCUT2D eigenvalue weighted by molar-refractivity contribution is -0.116. The summed E-state index contributed by atoms with van der Waals surface area (Å²) in [5.41, 5.74) is 2.44. The number of rotatable bonds is 6. The smallest absolute Gasteiger partial charge is 0.264 e. The minimum atomic E-state index is -3.86. The molecule has 0 radical (unpaired) electrons. The molecule has 1 aromatic carbocycles. The highest BCUT2D eigenvalue weighted by molar-refractivity contribution is 7.92. The van der Waals surface area contributed by atoms with E-state index in [2.05, 4.69) is 25.1 Å². The lowest BCUT2D eigenvalue weighted by atomic mass is 10.3. The SMILES string of the molecule is Cc1cc(C)nc(NS(=O)(=O)c2ccc(NC(=O)Cn3ncc(Cl)c3C)cc2)n1. The largest absolute Gasteiger partial charge is 0.324 e. The molecule has 0 aliphatic rings. The Labute approximate surface area is 173 Å². The number of hydrogen-bond donors (Lipinski definition) is 2. The van der Waals surface area contributed by atoms with E-state index in [9.17, 15) is 13.2 Å². The number of hydrogen-bond acceptors (Lipinski definition) is 6. The Hall–Kier alpha value is -2.98. The monoisotopic (exact) mass is 434 g/mol. The lowest BCUT2D eigenvalue weighted by Crippen LogP contribution is -2.20. The summed E-state index contributed by atoms with van der Waals surface area (Å²) >= 11 is 5.92. The van der Waals surface area contributed by atoms with Gasteiger partial charge in [-0.2, -0.15) is 5.10 Å². The zero-order valence-electron chi connectivity index (χ0n) is 16.0. The van der Waals surface area contributed by atoms with Gasteiger partial charge in [-0.15, -0.1) is 0 Å². The van der Waals surface area contributed by atoms with Gasteiger partial charge in [0.05, 0.1) is 21.8 Å². The third kappa shape index (κ3) is 5.09. The van der Waals surface area contributed by atoms with E-state index in [1.165, 1.54) is 35.1 Å². The number of benzene rings is 1. The van der Waals surface area contributed by atoms with E-state index in [0.29, 0.717) is 27.8 Å². The predicted octanol–water partition coefficient (Wildman–Crippen LogP) is 2.69. The van der Waals surface area contributed by atoms with Gasteiger partial charge in [0, 0.05) is 17.1 Å². The van der Waals surface area contributed by atoms with Crippen molar-refractivity contribution in [3.63, 3.8) is 0 Å². The van der Waals surface area contributed by atoms with Crippen LogP contribution in [-0.4, -0.2) is 34.1 Å². The average Bonchev–Trinajstić information content (AvgIpc) is 2.93. The summed E-state index contributed by atoms with van der Waals surface area (Å²) in [4.78, 5) is 20.3. The van der Waals surface area contributed by atoms with Gasteiger partial charge >= 0.3 is 0 Å². The van der Waals surface area contributed by atoms with E-state index in [1.807, 2.05) is 0 Å². The maximum atomic E-state index is 12.5. The normalized spacial score (nSPS) is 11.3. The molecule has 3 aromatic rings. The van der Waals surface area contributed by atoms with Crippen molar-refractivity contribution in [3.8, 4) is 0 Å². The second-order valence-corrected chi connectivity index (χ2v) is 8.48. The fraction of sp³-hybridized carbons (Fsp3) is 0.222. The molecule has 152 valence electrons. The molecule has 0 aliphatic heterocycles. The van der Waals surface area contributed by atoms with Crippen molar-refractivity contribution in [2.24, 2.45) is 0 Å². The molecule has 2 aromatic heterocycles. The number of aromatic nitrogens is 4. The molecule has 0 saturated heterocycles. The van der Waals surface area contributed by atoms with Crippen molar-refractivity contribution >= 4 is 39.2 Å². The maximum Gasteiger partial charge on any atom is 0.264 e. The highest BCUT2D eigenvalue weighted by atomic mass is 35.5. The van der Waals surface area contributed by atoms with Crippen LogP contribution in [0.3, 0.4) is 0 Å². The van der Waals surface area contributed by atoms with Crippen LogP contribution in [0.1, 0.15) is 17.1 Å². The van der Waals surface area contributed by atoms with Gasteiger partial charge in [-0.3, -0.25) is 9.48 Å². The van der Waals surface area contributed by atoms with Gasteiger partial charge in [0.25, 0.3) is 10.0 Å². The Morgan fingerprint density at radius 1 is 1.10 bits per heavy atom. The highest BCUT2D eigenvalue weighted by Gasteiger charge is 2.16. The third-order valence-electron chi connectivity index (χ3n) is 3.99. The van der Waals surface area contributed by atoms with Gasteiger partial charge in [0.2, 0.25) is 11.9 Å². The Balaban J connectivity index is 1.68. The molecule has 2 N–H and O–H groups in total. The van der Waals surface area contributed by atoms with E-state index in [0.717, 1.165) is 0 Å². The molecule has 2 heterocycles. The molecule has 1 amide bonds. The second-order valence-electron chi connectivity index (χ2n) is 6.39. The van der Waals surface area contributed by atoms with Crippen molar-refractivity contribution in [1.29, 1.82) is 0 Å². The first-order valence-electron chi connectivity index (χ1n) is 8.57. The van der Waals surface area contributed by atoms with E-state index in [4.69, 9.17) is 11.6 Å². The number of nitrogens with one attached hydrogen (secondary N) is 2. The molecule has 11 heteroatoms. The number of anilines is 2. The number of aryl methyl sites for hydroxylation is 2. The van der Waals surface area contributed by atoms with E-state index in [1.54, 1.807) is 26.8 Å². The van der Waals surface area contributed by atoms with E-state index < -0.39 is 10.0 Å². The maximum absolute atomic E-state index is 12.5. The zero-order valence-corrected chi connectivity index (χ0v) is 17.5. The van der Waals surface area contributed by atoms with Gasteiger partial charge < -0.3 is 5.32 Å². The standard InChI is InChI=1S/C18H19ClN6O3S/c1-11-8-12(2)22-18(21-11)24-29(27,28)15-6-4-14(5-7-15)23-17(26)10-25-13(3)16(19)9-20-25/h4-9H,10H2,1-3H3,(H,23,26)(H,21,22,24).